The zero-order valence-electron chi connectivity index (χ0n) is 25.9. The summed E-state index contributed by atoms with van der Waals surface area (Å²) in [7, 11) is 0. The molecule has 9 nitrogen and oxygen atoms in total. The number of benzene rings is 1. The van der Waals surface area contributed by atoms with Gasteiger partial charge < -0.3 is 14.7 Å². The van der Waals surface area contributed by atoms with Gasteiger partial charge in [-0.2, -0.15) is 0 Å². The summed E-state index contributed by atoms with van der Waals surface area (Å²) in [5.74, 6) is 2.43. The van der Waals surface area contributed by atoms with E-state index in [2.05, 4.69) is 42.5 Å². The first kappa shape index (κ1) is 29.0. The third-order valence-corrected chi connectivity index (χ3v) is 10.8. The van der Waals surface area contributed by atoms with E-state index in [1.54, 1.807) is 13.8 Å². The predicted octanol–water partition coefficient (Wildman–Crippen LogP) is 3.35. The van der Waals surface area contributed by atoms with Crippen LogP contribution in [0.3, 0.4) is 0 Å². The van der Waals surface area contributed by atoms with Gasteiger partial charge in [0.25, 0.3) is 5.91 Å². The lowest BCUT2D eigenvalue weighted by atomic mass is 9.79. The summed E-state index contributed by atoms with van der Waals surface area (Å²) in [6.45, 7) is 7.89. The Morgan fingerprint density at radius 1 is 0.818 bits per heavy atom. The zero-order chi connectivity index (χ0) is 30.6. The Morgan fingerprint density at radius 3 is 2.18 bits per heavy atom. The monoisotopic (exact) mass is 597 g/mol. The van der Waals surface area contributed by atoms with Gasteiger partial charge in [0.15, 0.2) is 0 Å². The van der Waals surface area contributed by atoms with Gasteiger partial charge in [-0.15, -0.1) is 0 Å². The molecule has 7 rings (SSSR count). The molecule has 2 aliphatic carbocycles. The van der Waals surface area contributed by atoms with Gasteiger partial charge in [0, 0.05) is 77.1 Å². The van der Waals surface area contributed by atoms with Crippen molar-refractivity contribution in [3.05, 3.63) is 53.6 Å². The van der Waals surface area contributed by atoms with Crippen molar-refractivity contribution >= 4 is 35.0 Å². The Kier molecular flexibility index (Phi) is 7.45. The smallest absolute Gasteiger partial charge is 0.256 e. The Bertz CT molecular complexity index is 1450. The van der Waals surface area contributed by atoms with Crippen LogP contribution in [-0.2, 0) is 19.2 Å². The van der Waals surface area contributed by atoms with Crippen LogP contribution in [0.1, 0.15) is 63.5 Å². The number of likely N-dealkylation sites (tertiary alicyclic amines) is 3. The molecule has 232 valence electrons. The fourth-order valence-corrected chi connectivity index (χ4v) is 7.81. The number of carbonyl (C=O) groups is 4. The fourth-order valence-electron chi connectivity index (χ4n) is 7.81. The van der Waals surface area contributed by atoms with E-state index in [1.165, 1.54) is 5.57 Å². The van der Waals surface area contributed by atoms with Crippen LogP contribution in [-0.4, -0.2) is 100 Å². The van der Waals surface area contributed by atoms with Gasteiger partial charge in [-0.3, -0.25) is 29.1 Å². The molecule has 6 aliphatic rings. The Morgan fingerprint density at radius 2 is 1.50 bits per heavy atom. The second-order valence-electron chi connectivity index (χ2n) is 13.7. The molecule has 1 spiro atoms. The minimum Gasteiger partial charge on any atom is -0.343 e. The van der Waals surface area contributed by atoms with Gasteiger partial charge >= 0.3 is 0 Å². The highest BCUT2D eigenvalue weighted by Crippen LogP contribution is 2.38. The second-order valence-corrected chi connectivity index (χ2v) is 13.7. The van der Waals surface area contributed by atoms with Crippen LogP contribution in [0.2, 0.25) is 0 Å². The first-order valence-electron chi connectivity index (χ1n) is 16.4. The van der Waals surface area contributed by atoms with Crippen molar-refractivity contribution < 1.29 is 19.2 Å². The van der Waals surface area contributed by atoms with Gasteiger partial charge in [-0.1, -0.05) is 42.5 Å². The largest absolute Gasteiger partial charge is 0.343 e. The standard InChI is InChI=1S/C35H43N5O4/c1-23(41)37-17-13-35(14-18-37)34(44)40(21-25-11-15-39(20-25)33(43)28-7-8-28)32(36-35)27-5-3-26(4-6-27)29-9-10-31-22-38(24(2)42)16-12-30(31)19-29/h3-6,9-10,19,25,28,30-31H,7-8,11-18,20-22H2,1-2H3. The van der Waals surface area contributed by atoms with E-state index in [9.17, 15) is 19.2 Å². The minimum absolute atomic E-state index is 0.0348. The number of hydrogen-bond acceptors (Lipinski definition) is 5. The molecule has 9 heteroatoms. The summed E-state index contributed by atoms with van der Waals surface area (Å²) >= 11 is 0. The van der Waals surface area contributed by atoms with Gasteiger partial charge in [0.1, 0.15) is 11.4 Å². The summed E-state index contributed by atoms with van der Waals surface area (Å²) in [6.07, 6.45) is 11.7. The van der Waals surface area contributed by atoms with Gasteiger partial charge in [-0.25, -0.2) is 0 Å². The van der Waals surface area contributed by atoms with Crippen molar-refractivity contribution in [2.45, 2.75) is 57.9 Å². The van der Waals surface area contributed by atoms with E-state index in [1.807, 2.05) is 19.6 Å². The highest BCUT2D eigenvalue weighted by Gasteiger charge is 2.51. The normalized spacial score (nSPS) is 27.9. The number of amides is 4. The van der Waals surface area contributed by atoms with Crippen molar-refractivity contribution in [2.24, 2.45) is 28.7 Å². The number of rotatable bonds is 5. The van der Waals surface area contributed by atoms with Crippen LogP contribution in [0.5, 0.6) is 0 Å². The number of fused-ring (bicyclic) bond motifs is 1. The molecule has 3 atom stereocenters. The van der Waals surface area contributed by atoms with Crippen LogP contribution in [0, 0.1) is 23.7 Å². The Balaban J connectivity index is 1.11. The van der Waals surface area contributed by atoms with Gasteiger partial charge in [0.05, 0.1) is 0 Å². The second kappa shape index (κ2) is 11.3. The van der Waals surface area contributed by atoms with Crippen LogP contribution in [0.25, 0.3) is 5.57 Å². The molecule has 4 heterocycles. The maximum absolute atomic E-state index is 14.2. The maximum atomic E-state index is 14.2. The molecule has 1 saturated carbocycles. The SMILES string of the molecule is CC(=O)N1CCC2(CC1)N=C(c1ccc(C3=CC4CCN(C(C)=O)CC4C=C3)cc1)N(CC1CCN(C(=O)C3CC3)C1)C2=O. The number of allylic oxidation sites excluding steroid dienone is 3. The molecule has 0 aromatic heterocycles. The van der Waals surface area contributed by atoms with Crippen LogP contribution >= 0.6 is 0 Å². The molecule has 0 bridgehead atoms. The Hall–Kier alpha value is -3.75. The van der Waals surface area contributed by atoms with Crippen molar-refractivity contribution in [3.63, 3.8) is 0 Å². The van der Waals surface area contributed by atoms with E-state index in [0.717, 1.165) is 62.3 Å². The van der Waals surface area contributed by atoms with Crippen LogP contribution < -0.4 is 0 Å². The lowest BCUT2D eigenvalue weighted by Crippen LogP contribution is -2.51. The van der Waals surface area contributed by atoms with E-state index < -0.39 is 5.54 Å². The quantitative estimate of drug-likeness (QED) is 0.521. The molecule has 44 heavy (non-hydrogen) atoms. The zero-order valence-corrected chi connectivity index (χ0v) is 25.9. The first-order valence-corrected chi connectivity index (χ1v) is 16.4. The molecule has 4 amide bonds. The van der Waals surface area contributed by atoms with Crippen molar-refractivity contribution in [1.29, 1.82) is 0 Å². The molecular formula is C35H43N5O4. The van der Waals surface area contributed by atoms with Crippen LogP contribution in [0.15, 0.2) is 47.5 Å². The number of piperidine rings is 2. The van der Waals surface area contributed by atoms with Crippen molar-refractivity contribution in [3.8, 4) is 0 Å². The first-order chi connectivity index (χ1) is 21.2. The number of amidine groups is 1. The van der Waals surface area contributed by atoms with Gasteiger partial charge in [-0.05, 0) is 61.5 Å². The highest BCUT2D eigenvalue weighted by atomic mass is 16.2. The number of carbonyl (C=O) groups excluding carboxylic acids is 4. The maximum Gasteiger partial charge on any atom is 0.256 e. The Labute approximate surface area is 259 Å². The molecular weight excluding hydrogens is 554 g/mol. The summed E-state index contributed by atoms with van der Waals surface area (Å²) < 4.78 is 0. The number of aliphatic imine (C=N–C) groups is 1. The van der Waals surface area contributed by atoms with E-state index in [4.69, 9.17) is 4.99 Å². The molecule has 3 saturated heterocycles. The molecule has 3 unspecified atom stereocenters. The fraction of sp³-hybridized carbons (Fsp3) is 0.571. The number of nitrogens with zero attached hydrogens (tertiary/aromatic N) is 5. The van der Waals surface area contributed by atoms with E-state index in [0.29, 0.717) is 50.9 Å². The summed E-state index contributed by atoms with van der Waals surface area (Å²) in [4.78, 5) is 63.6. The van der Waals surface area contributed by atoms with Gasteiger partial charge in [0.2, 0.25) is 17.7 Å². The van der Waals surface area contributed by atoms with Crippen molar-refractivity contribution in [1.82, 2.24) is 19.6 Å². The average molecular weight is 598 g/mol. The van der Waals surface area contributed by atoms with E-state index in [-0.39, 0.29) is 35.5 Å². The molecule has 0 radical (unpaired) electrons. The highest BCUT2D eigenvalue weighted by molar-refractivity contribution is 6.15. The van der Waals surface area contributed by atoms with E-state index >= 15 is 0 Å². The molecule has 0 N–H and O–H groups in total. The third kappa shape index (κ3) is 5.39. The summed E-state index contributed by atoms with van der Waals surface area (Å²) in [5.41, 5.74) is 2.41. The lowest BCUT2D eigenvalue weighted by Gasteiger charge is -2.37. The molecule has 4 aliphatic heterocycles. The molecule has 4 fully saturated rings. The number of hydrogen-bond donors (Lipinski definition) is 0. The van der Waals surface area contributed by atoms with Crippen LogP contribution in [0.4, 0.5) is 0 Å². The minimum atomic E-state index is -0.833. The average Bonchev–Trinajstić information content (AvgIpc) is 3.73. The topological polar surface area (TPSA) is 93.6 Å². The third-order valence-electron chi connectivity index (χ3n) is 10.8. The summed E-state index contributed by atoms with van der Waals surface area (Å²) in [6, 6.07) is 8.40. The predicted molar refractivity (Wildman–Crippen MR) is 167 cm³/mol. The molecule has 1 aromatic rings. The van der Waals surface area contributed by atoms with Crippen molar-refractivity contribution in [2.75, 3.05) is 45.8 Å². The molecule has 1 aromatic carbocycles. The lowest BCUT2D eigenvalue weighted by molar-refractivity contribution is -0.137. The summed E-state index contributed by atoms with van der Waals surface area (Å²) in [5, 5.41) is 0.